The van der Waals surface area contributed by atoms with Crippen LogP contribution in [0.15, 0.2) is 18.2 Å². The standard InChI is InChI=1S/C14H17NO3/c1-14(9-18-13(16)15-14)8-17-12-6-5-10-3-2-4-11(10)7-12/h5-7H,2-4,8-9H2,1H3,(H,15,16). The van der Waals surface area contributed by atoms with E-state index in [1.807, 2.05) is 13.0 Å². The molecule has 1 saturated heterocycles. The quantitative estimate of drug-likeness (QED) is 0.889. The van der Waals surface area contributed by atoms with Crippen LogP contribution in [0.2, 0.25) is 0 Å². The number of nitrogens with one attached hydrogen (secondary N) is 1. The number of hydrogen-bond donors (Lipinski definition) is 1. The Kier molecular flexibility index (Phi) is 2.65. The highest BCUT2D eigenvalue weighted by atomic mass is 16.6. The number of ether oxygens (including phenoxy) is 2. The van der Waals surface area contributed by atoms with E-state index in [0.29, 0.717) is 13.2 Å². The molecule has 1 aliphatic carbocycles. The molecule has 2 aliphatic rings. The minimum absolute atomic E-state index is 0.358. The zero-order valence-corrected chi connectivity index (χ0v) is 10.5. The van der Waals surface area contributed by atoms with Crippen molar-refractivity contribution in [3.8, 4) is 5.75 Å². The summed E-state index contributed by atoms with van der Waals surface area (Å²) in [6.45, 7) is 2.71. The molecule has 1 aliphatic heterocycles. The number of hydrogen-bond acceptors (Lipinski definition) is 3. The Morgan fingerprint density at radius 3 is 3.00 bits per heavy atom. The highest BCUT2D eigenvalue weighted by Crippen LogP contribution is 2.26. The molecule has 0 spiro atoms. The molecule has 18 heavy (non-hydrogen) atoms. The molecule has 1 fully saturated rings. The molecule has 1 unspecified atom stereocenters. The summed E-state index contributed by atoms with van der Waals surface area (Å²) in [5, 5.41) is 2.77. The lowest BCUT2D eigenvalue weighted by Gasteiger charge is -2.21. The van der Waals surface area contributed by atoms with Gasteiger partial charge in [0.05, 0.1) is 0 Å². The van der Waals surface area contributed by atoms with Crippen molar-refractivity contribution in [1.29, 1.82) is 0 Å². The molecule has 0 bridgehead atoms. The van der Waals surface area contributed by atoms with E-state index < -0.39 is 5.54 Å². The molecule has 0 radical (unpaired) electrons. The van der Waals surface area contributed by atoms with Crippen LogP contribution in [0.25, 0.3) is 0 Å². The number of aryl methyl sites for hydroxylation is 2. The molecule has 1 aromatic carbocycles. The van der Waals surface area contributed by atoms with Crippen molar-refractivity contribution in [3.05, 3.63) is 29.3 Å². The van der Waals surface area contributed by atoms with Gasteiger partial charge in [-0.2, -0.15) is 0 Å². The number of fused-ring (bicyclic) bond motifs is 1. The molecule has 4 nitrogen and oxygen atoms in total. The van der Waals surface area contributed by atoms with Crippen molar-refractivity contribution >= 4 is 6.09 Å². The molecule has 3 rings (SSSR count). The monoisotopic (exact) mass is 247 g/mol. The third kappa shape index (κ3) is 2.15. The highest BCUT2D eigenvalue weighted by Gasteiger charge is 2.35. The van der Waals surface area contributed by atoms with Gasteiger partial charge in [0.1, 0.15) is 24.5 Å². The fourth-order valence-electron chi connectivity index (χ4n) is 2.50. The molecule has 96 valence electrons. The lowest BCUT2D eigenvalue weighted by Crippen LogP contribution is -2.45. The summed E-state index contributed by atoms with van der Waals surface area (Å²) in [6, 6.07) is 6.26. The van der Waals surface area contributed by atoms with Gasteiger partial charge in [0.2, 0.25) is 0 Å². The number of rotatable bonds is 3. The first-order chi connectivity index (χ1) is 8.65. The Morgan fingerprint density at radius 2 is 2.22 bits per heavy atom. The molecule has 1 heterocycles. The molecular weight excluding hydrogens is 230 g/mol. The topological polar surface area (TPSA) is 47.6 Å². The number of amides is 1. The third-order valence-corrected chi connectivity index (χ3v) is 3.55. The summed E-state index contributed by atoms with van der Waals surface area (Å²) in [7, 11) is 0. The Balaban J connectivity index is 1.65. The second-order valence-electron chi connectivity index (χ2n) is 5.33. The average molecular weight is 247 g/mol. The van der Waals surface area contributed by atoms with Gasteiger partial charge in [-0.1, -0.05) is 6.07 Å². The van der Waals surface area contributed by atoms with Crippen LogP contribution in [0.3, 0.4) is 0 Å². The zero-order chi connectivity index (χ0) is 12.6. The molecule has 0 saturated carbocycles. The summed E-state index contributed by atoms with van der Waals surface area (Å²) in [4.78, 5) is 11.0. The summed E-state index contributed by atoms with van der Waals surface area (Å²) in [5.41, 5.74) is 2.41. The average Bonchev–Trinajstić information content (AvgIpc) is 2.93. The highest BCUT2D eigenvalue weighted by molar-refractivity contribution is 5.70. The van der Waals surface area contributed by atoms with E-state index in [0.717, 1.165) is 12.2 Å². The van der Waals surface area contributed by atoms with Gasteiger partial charge < -0.3 is 14.8 Å². The second-order valence-corrected chi connectivity index (χ2v) is 5.33. The van der Waals surface area contributed by atoms with Crippen molar-refractivity contribution in [2.75, 3.05) is 13.2 Å². The Bertz CT molecular complexity index is 486. The maximum atomic E-state index is 11.0. The molecule has 1 N–H and O–H groups in total. The first kappa shape index (κ1) is 11.4. The summed E-state index contributed by atoms with van der Waals surface area (Å²) >= 11 is 0. The van der Waals surface area contributed by atoms with Gasteiger partial charge in [-0.15, -0.1) is 0 Å². The number of alkyl carbamates (subject to hydrolysis) is 1. The molecule has 4 heteroatoms. The normalized spacial score (nSPS) is 25.5. The minimum atomic E-state index is -0.421. The number of carbonyl (C=O) groups excluding carboxylic acids is 1. The van der Waals surface area contributed by atoms with E-state index in [1.165, 1.54) is 24.0 Å². The SMILES string of the molecule is CC1(COc2ccc3c(c2)CCC3)COC(=O)N1. The first-order valence-electron chi connectivity index (χ1n) is 6.34. The van der Waals surface area contributed by atoms with Gasteiger partial charge in [0.15, 0.2) is 0 Å². The van der Waals surface area contributed by atoms with Crippen molar-refractivity contribution in [1.82, 2.24) is 5.32 Å². The van der Waals surface area contributed by atoms with Crippen LogP contribution in [0.4, 0.5) is 4.79 Å². The van der Waals surface area contributed by atoms with Crippen molar-refractivity contribution < 1.29 is 14.3 Å². The van der Waals surface area contributed by atoms with E-state index >= 15 is 0 Å². The van der Waals surface area contributed by atoms with Crippen LogP contribution in [0.1, 0.15) is 24.5 Å². The predicted octanol–water partition coefficient (Wildman–Crippen LogP) is 2.05. The zero-order valence-electron chi connectivity index (χ0n) is 10.5. The van der Waals surface area contributed by atoms with Gasteiger partial charge in [-0.25, -0.2) is 4.79 Å². The van der Waals surface area contributed by atoms with E-state index in [4.69, 9.17) is 9.47 Å². The molecule has 1 aromatic rings. The summed E-state index contributed by atoms with van der Waals surface area (Å²) in [5.74, 6) is 0.873. The van der Waals surface area contributed by atoms with Crippen molar-refractivity contribution in [3.63, 3.8) is 0 Å². The molecule has 1 atom stereocenters. The molecular formula is C14H17NO3. The Morgan fingerprint density at radius 1 is 1.39 bits per heavy atom. The number of carbonyl (C=O) groups is 1. The van der Waals surface area contributed by atoms with Crippen LogP contribution < -0.4 is 10.1 Å². The summed E-state index contributed by atoms with van der Waals surface area (Å²) < 4.78 is 10.7. The summed E-state index contributed by atoms with van der Waals surface area (Å²) in [6.07, 6.45) is 3.19. The van der Waals surface area contributed by atoms with E-state index in [2.05, 4.69) is 17.4 Å². The van der Waals surface area contributed by atoms with Gasteiger partial charge in [0, 0.05) is 0 Å². The third-order valence-electron chi connectivity index (χ3n) is 3.55. The Labute approximate surface area is 106 Å². The van der Waals surface area contributed by atoms with Crippen LogP contribution in [-0.2, 0) is 17.6 Å². The van der Waals surface area contributed by atoms with Crippen molar-refractivity contribution in [2.24, 2.45) is 0 Å². The van der Waals surface area contributed by atoms with Crippen molar-refractivity contribution in [2.45, 2.75) is 31.7 Å². The smallest absolute Gasteiger partial charge is 0.407 e. The Hall–Kier alpha value is -1.71. The largest absolute Gasteiger partial charge is 0.491 e. The van der Waals surface area contributed by atoms with Gasteiger partial charge in [-0.05, 0) is 49.4 Å². The van der Waals surface area contributed by atoms with Crippen LogP contribution >= 0.6 is 0 Å². The maximum Gasteiger partial charge on any atom is 0.407 e. The number of benzene rings is 1. The van der Waals surface area contributed by atoms with E-state index in [1.54, 1.807) is 0 Å². The number of cyclic esters (lactones) is 1. The lowest BCUT2D eigenvalue weighted by molar-refractivity contribution is 0.160. The van der Waals surface area contributed by atoms with E-state index in [-0.39, 0.29) is 6.09 Å². The maximum absolute atomic E-state index is 11.0. The fourth-order valence-corrected chi connectivity index (χ4v) is 2.50. The van der Waals surface area contributed by atoms with Crippen LogP contribution in [0, 0.1) is 0 Å². The van der Waals surface area contributed by atoms with E-state index in [9.17, 15) is 4.79 Å². The minimum Gasteiger partial charge on any atom is -0.491 e. The van der Waals surface area contributed by atoms with Crippen LogP contribution in [-0.4, -0.2) is 24.8 Å². The molecule has 1 amide bonds. The fraction of sp³-hybridized carbons (Fsp3) is 0.500. The lowest BCUT2D eigenvalue weighted by atomic mass is 10.1. The first-order valence-corrected chi connectivity index (χ1v) is 6.34. The van der Waals surface area contributed by atoms with Gasteiger partial charge in [0.25, 0.3) is 0 Å². The predicted molar refractivity (Wildman–Crippen MR) is 66.9 cm³/mol. The van der Waals surface area contributed by atoms with Crippen LogP contribution in [0.5, 0.6) is 5.75 Å². The second kappa shape index (κ2) is 4.19. The molecule has 0 aromatic heterocycles. The van der Waals surface area contributed by atoms with Gasteiger partial charge in [-0.3, -0.25) is 0 Å². The van der Waals surface area contributed by atoms with Gasteiger partial charge >= 0.3 is 6.09 Å².